The van der Waals surface area contributed by atoms with Crippen molar-refractivity contribution in [3.05, 3.63) is 5.69 Å². The second kappa shape index (κ2) is 4.36. The summed E-state index contributed by atoms with van der Waals surface area (Å²) < 4.78 is 2.02. The van der Waals surface area contributed by atoms with Crippen molar-refractivity contribution in [3.8, 4) is 0 Å². The summed E-state index contributed by atoms with van der Waals surface area (Å²) in [6.07, 6.45) is 2.74. The molecule has 0 spiro atoms. The minimum atomic E-state index is 0.851. The zero-order chi connectivity index (χ0) is 11.7. The number of nitrogen functional groups attached to an aromatic ring is 1. The maximum absolute atomic E-state index is 6.13. The standard InChI is InChI=1S/C12H22N4/c1-4-15(8-10-6-7-10)12-11(13)9(3)14-16(12)5-2/h10H,4-8,13H2,1-3H3. The molecule has 0 atom stereocenters. The van der Waals surface area contributed by atoms with Gasteiger partial charge in [0.1, 0.15) is 0 Å². The van der Waals surface area contributed by atoms with E-state index < -0.39 is 0 Å². The first-order chi connectivity index (χ1) is 7.67. The van der Waals surface area contributed by atoms with Gasteiger partial charge in [0.05, 0.1) is 11.4 Å². The van der Waals surface area contributed by atoms with E-state index in [9.17, 15) is 0 Å². The van der Waals surface area contributed by atoms with Crippen LogP contribution in [-0.2, 0) is 6.54 Å². The number of hydrogen-bond acceptors (Lipinski definition) is 3. The number of nitrogens with zero attached hydrogens (tertiary/aromatic N) is 3. The van der Waals surface area contributed by atoms with Crippen LogP contribution in [0.3, 0.4) is 0 Å². The first-order valence-electron chi connectivity index (χ1n) is 6.25. The van der Waals surface area contributed by atoms with Crippen molar-refractivity contribution >= 4 is 11.5 Å². The Labute approximate surface area is 97.4 Å². The fourth-order valence-electron chi connectivity index (χ4n) is 2.11. The Morgan fingerprint density at radius 1 is 1.44 bits per heavy atom. The zero-order valence-electron chi connectivity index (χ0n) is 10.5. The van der Waals surface area contributed by atoms with Gasteiger partial charge < -0.3 is 10.6 Å². The summed E-state index contributed by atoms with van der Waals surface area (Å²) in [5, 5.41) is 4.48. The van der Waals surface area contributed by atoms with Crippen LogP contribution in [0.25, 0.3) is 0 Å². The van der Waals surface area contributed by atoms with Gasteiger partial charge >= 0.3 is 0 Å². The maximum Gasteiger partial charge on any atom is 0.150 e. The molecule has 1 aliphatic carbocycles. The van der Waals surface area contributed by atoms with Gasteiger partial charge in [0.2, 0.25) is 0 Å². The van der Waals surface area contributed by atoms with Crippen LogP contribution in [0.1, 0.15) is 32.4 Å². The average molecular weight is 222 g/mol. The van der Waals surface area contributed by atoms with Gasteiger partial charge in [0.25, 0.3) is 0 Å². The molecule has 4 heteroatoms. The van der Waals surface area contributed by atoms with Gasteiger partial charge in [-0.15, -0.1) is 0 Å². The smallest absolute Gasteiger partial charge is 0.150 e. The number of hydrogen-bond donors (Lipinski definition) is 1. The van der Waals surface area contributed by atoms with Gasteiger partial charge in [0.15, 0.2) is 5.82 Å². The van der Waals surface area contributed by atoms with Crippen LogP contribution in [-0.4, -0.2) is 22.9 Å². The van der Waals surface area contributed by atoms with E-state index in [-0.39, 0.29) is 0 Å². The number of anilines is 2. The van der Waals surface area contributed by atoms with Gasteiger partial charge in [-0.25, -0.2) is 4.68 Å². The maximum atomic E-state index is 6.13. The molecule has 2 N–H and O–H groups in total. The highest BCUT2D eigenvalue weighted by molar-refractivity contribution is 5.66. The van der Waals surface area contributed by atoms with Crippen molar-refractivity contribution in [1.29, 1.82) is 0 Å². The van der Waals surface area contributed by atoms with Crippen molar-refractivity contribution in [3.63, 3.8) is 0 Å². The van der Waals surface area contributed by atoms with Gasteiger partial charge in [-0.3, -0.25) is 0 Å². The summed E-state index contributed by atoms with van der Waals surface area (Å²) in [4.78, 5) is 2.37. The summed E-state index contributed by atoms with van der Waals surface area (Å²) in [6, 6.07) is 0. The lowest BCUT2D eigenvalue weighted by atomic mass is 10.3. The fourth-order valence-corrected chi connectivity index (χ4v) is 2.11. The third-order valence-electron chi connectivity index (χ3n) is 3.30. The molecule has 0 unspecified atom stereocenters. The van der Waals surface area contributed by atoms with Crippen molar-refractivity contribution in [2.45, 2.75) is 40.2 Å². The molecule has 16 heavy (non-hydrogen) atoms. The monoisotopic (exact) mass is 222 g/mol. The van der Waals surface area contributed by atoms with E-state index in [0.717, 1.165) is 42.8 Å². The SMILES string of the molecule is CCN(CC1CC1)c1c(N)c(C)nn1CC. The van der Waals surface area contributed by atoms with E-state index in [2.05, 4.69) is 23.8 Å². The number of aryl methyl sites for hydroxylation is 2. The second-order valence-electron chi connectivity index (χ2n) is 4.62. The Kier molecular flexibility index (Phi) is 3.08. The van der Waals surface area contributed by atoms with E-state index >= 15 is 0 Å². The molecule has 0 aromatic carbocycles. The van der Waals surface area contributed by atoms with Gasteiger partial charge in [-0.1, -0.05) is 0 Å². The predicted octanol–water partition coefficient (Wildman–Crippen LogP) is 2.03. The molecule has 1 aromatic rings. The van der Waals surface area contributed by atoms with E-state index in [1.54, 1.807) is 0 Å². The summed E-state index contributed by atoms with van der Waals surface area (Å²) in [5.41, 5.74) is 7.93. The molecule has 4 nitrogen and oxygen atoms in total. The zero-order valence-corrected chi connectivity index (χ0v) is 10.5. The van der Waals surface area contributed by atoms with Crippen LogP contribution in [0.5, 0.6) is 0 Å². The lowest BCUT2D eigenvalue weighted by Crippen LogP contribution is -2.28. The van der Waals surface area contributed by atoms with Gasteiger partial charge in [-0.2, -0.15) is 5.10 Å². The van der Waals surface area contributed by atoms with Crippen molar-refractivity contribution in [2.75, 3.05) is 23.7 Å². The van der Waals surface area contributed by atoms with Crippen molar-refractivity contribution in [1.82, 2.24) is 9.78 Å². The molecule has 1 aliphatic rings. The molecule has 90 valence electrons. The topological polar surface area (TPSA) is 47.1 Å². The molecule has 0 radical (unpaired) electrons. The lowest BCUT2D eigenvalue weighted by molar-refractivity contribution is 0.622. The summed E-state index contributed by atoms with van der Waals surface area (Å²) in [5.74, 6) is 1.99. The van der Waals surface area contributed by atoms with Gasteiger partial charge in [0, 0.05) is 19.6 Å². The summed E-state index contributed by atoms with van der Waals surface area (Å²) >= 11 is 0. The Hall–Kier alpha value is -1.19. The molecule has 2 rings (SSSR count). The van der Waals surface area contributed by atoms with Crippen LogP contribution in [0, 0.1) is 12.8 Å². The highest BCUT2D eigenvalue weighted by atomic mass is 15.4. The molecule has 1 heterocycles. The fraction of sp³-hybridized carbons (Fsp3) is 0.750. The molecular formula is C12H22N4. The van der Waals surface area contributed by atoms with Crippen LogP contribution >= 0.6 is 0 Å². The molecular weight excluding hydrogens is 200 g/mol. The molecule has 1 aromatic heterocycles. The molecule has 1 saturated carbocycles. The molecule has 0 bridgehead atoms. The van der Waals surface area contributed by atoms with E-state index in [0.29, 0.717) is 0 Å². The lowest BCUT2D eigenvalue weighted by Gasteiger charge is -2.24. The largest absolute Gasteiger partial charge is 0.394 e. The molecule has 0 aliphatic heterocycles. The molecule has 0 amide bonds. The van der Waals surface area contributed by atoms with Gasteiger partial charge in [-0.05, 0) is 39.5 Å². The molecule has 0 saturated heterocycles. The first-order valence-corrected chi connectivity index (χ1v) is 6.25. The van der Waals surface area contributed by atoms with Crippen LogP contribution < -0.4 is 10.6 Å². The third kappa shape index (κ3) is 2.01. The summed E-state index contributed by atoms with van der Waals surface area (Å²) in [6.45, 7) is 9.30. The van der Waals surface area contributed by atoms with Crippen molar-refractivity contribution < 1.29 is 0 Å². The van der Waals surface area contributed by atoms with Crippen LogP contribution in [0.4, 0.5) is 11.5 Å². The minimum Gasteiger partial charge on any atom is -0.394 e. The Bertz CT molecular complexity index is 365. The number of aromatic nitrogens is 2. The van der Waals surface area contributed by atoms with Crippen LogP contribution in [0.2, 0.25) is 0 Å². The van der Waals surface area contributed by atoms with E-state index in [1.807, 2.05) is 11.6 Å². The average Bonchev–Trinajstić information content (AvgIpc) is 3.05. The Morgan fingerprint density at radius 3 is 2.62 bits per heavy atom. The summed E-state index contributed by atoms with van der Waals surface area (Å²) in [7, 11) is 0. The van der Waals surface area contributed by atoms with Crippen LogP contribution in [0.15, 0.2) is 0 Å². The molecule has 1 fully saturated rings. The highest BCUT2D eigenvalue weighted by Crippen LogP contribution is 2.33. The van der Waals surface area contributed by atoms with Crippen molar-refractivity contribution in [2.24, 2.45) is 5.92 Å². The minimum absolute atomic E-state index is 0.851. The number of rotatable bonds is 5. The Balaban J connectivity index is 2.26. The highest BCUT2D eigenvalue weighted by Gasteiger charge is 2.26. The normalized spacial score (nSPS) is 15.4. The van der Waals surface area contributed by atoms with E-state index in [1.165, 1.54) is 12.8 Å². The number of nitrogens with two attached hydrogens (primary N) is 1. The third-order valence-corrected chi connectivity index (χ3v) is 3.30. The second-order valence-corrected chi connectivity index (χ2v) is 4.62. The first kappa shape index (κ1) is 11.3. The van der Waals surface area contributed by atoms with E-state index in [4.69, 9.17) is 5.73 Å². The quantitative estimate of drug-likeness (QED) is 0.829. The predicted molar refractivity (Wildman–Crippen MR) is 67.7 cm³/mol. The Morgan fingerprint density at radius 2 is 2.12 bits per heavy atom.